The van der Waals surface area contributed by atoms with E-state index in [0.717, 1.165) is 51.4 Å². The molecule has 21 heavy (non-hydrogen) atoms. The highest BCUT2D eigenvalue weighted by Gasteiger charge is 2.43. The van der Waals surface area contributed by atoms with Crippen LogP contribution in [0.15, 0.2) is 5.16 Å². The molecule has 2 aliphatic rings. The van der Waals surface area contributed by atoms with Gasteiger partial charge in [-0.3, -0.25) is 4.79 Å². The van der Waals surface area contributed by atoms with E-state index >= 15 is 0 Å². The van der Waals surface area contributed by atoms with Gasteiger partial charge in [0.25, 0.3) is 0 Å². The van der Waals surface area contributed by atoms with Crippen LogP contribution in [0.4, 0.5) is 0 Å². The van der Waals surface area contributed by atoms with Crippen LogP contribution in [0.5, 0.6) is 0 Å². The standard InChI is InChI=1S/C16H29N3O2/c1-11(2)10-16(8-3-4-9-16)15(20)18-13-7-5-6-12(13)14(17)19-21/h11-13,21H,3-10H2,1-2H3,(H2,17,19)(H,18,20). The SMILES string of the molecule is CC(C)CC1(C(=O)NC2CCCC2C(N)=NO)CCCC1. The van der Waals surface area contributed by atoms with Gasteiger partial charge in [-0.25, -0.2) is 0 Å². The van der Waals surface area contributed by atoms with E-state index < -0.39 is 0 Å². The summed E-state index contributed by atoms with van der Waals surface area (Å²) in [6.45, 7) is 4.37. The maximum atomic E-state index is 12.9. The van der Waals surface area contributed by atoms with Gasteiger partial charge in [0.2, 0.25) is 5.91 Å². The highest BCUT2D eigenvalue weighted by Crippen LogP contribution is 2.44. The second kappa shape index (κ2) is 6.67. The Morgan fingerprint density at radius 2 is 2.00 bits per heavy atom. The summed E-state index contributed by atoms with van der Waals surface area (Å²) in [5.74, 6) is 0.951. The number of nitrogens with zero attached hydrogens (tertiary/aromatic N) is 1. The Hall–Kier alpha value is -1.26. The molecule has 2 unspecified atom stereocenters. The molecule has 2 saturated carbocycles. The summed E-state index contributed by atoms with van der Waals surface area (Å²) in [4.78, 5) is 12.9. The zero-order valence-corrected chi connectivity index (χ0v) is 13.3. The molecule has 0 aromatic heterocycles. The Labute approximate surface area is 127 Å². The maximum absolute atomic E-state index is 12.9. The fraction of sp³-hybridized carbons (Fsp3) is 0.875. The van der Waals surface area contributed by atoms with Gasteiger partial charge in [0.05, 0.1) is 0 Å². The summed E-state index contributed by atoms with van der Waals surface area (Å²) in [5, 5.41) is 15.2. The van der Waals surface area contributed by atoms with E-state index in [2.05, 4.69) is 24.3 Å². The van der Waals surface area contributed by atoms with Gasteiger partial charge in [-0.1, -0.05) is 38.3 Å². The zero-order valence-electron chi connectivity index (χ0n) is 13.3. The van der Waals surface area contributed by atoms with Gasteiger partial charge < -0.3 is 16.3 Å². The third-order valence-electron chi connectivity index (χ3n) is 5.17. The molecule has 0 saturated heterocycles. The summed E-state index contributed by atoms with van der Waals surface area (Å²) in [6, 6.07) is 0.0260. The van der Waals surface area contributed by atoms with Gasteiger partial charge in [-0.05, 0) is 38.0 Å². The van der Waals surface area contributed by atoms with E-state index in [-0.39, 0.29) is 29.1 Å². The number of carbonyl (C=O) groups excluding carboxylic acids is 1. The van der Waals surface area contributed by atoms with E-state index in [1.807, 2.05) is 0 Å². The van der Waals surface area contributed by atoms with Crippen molar-refractivity contribution in [1.82, 2.24) is 5.32 Å². The number of carbonyl (C=O) groups is 1. The summed E-state index contributed by atoms with van der Waals surface area (Å²) in [6.07, 6.45) is 8.07. The average Bonchev–Trinajstić information content (AvgIpc) is 3.07. The van der Waals surface area contributed by atoms with Crippen LogP contribution in [-0.2, 0) is 4.79 Å². The molecule has 2 fully saturated rings. The van der Waals surface area contributed by atoms with Gasteiger partial charge in [0, 0.05) is 17.4 Å². The van der Waals surface area contributed by atoms with Crippen LogP contribution in [-0.4, -0.2) is 23.0 Å². The molecular formula is C16H29N3O2. The number of amides is 1. The molecule has 5 heteroatoms. The third kappa shape index (κ3) is 3.50. The van der Waals surface area contributed by atoms with Crippen molar-refractivity contribution in [3.05, 3.63) is 0 Å². The molecule has 0 radical (unpaired) electrons. The second-order valence-electron chi connectivity index (χ2n) is 7.23. The van der Waals surface area contributed by atoms with Crippen molar-refractivity contribution in [2.45, 2.75) is 71.3 Å². The number of rotatable bonds is 5. The molecule has 0 heterocycles. The van der Waals surface area contributed by atoms with E-state index in [0.29, 0.717) is 5.92 Å². The molecule has 2 rings (SSSR count). The maximum Gasteiger partial charge on any atom is 0.226 e. The third-order valence-corrected chi connectivity index (χ3v) is 5.17. The molecule has 5 nitrogen and oxygen atoms in total. The van der Waals surface area contributed by atoms with Crippen LogP contribution in [0.25, 0.3) is 0 Å². The van der Waals surface area contributed by atoms with Crippen molar-refractivity contribution >= 4 is 11.7 Å². The fourth-order valence-electron chi connectivity index (χ4n) is 4.24. The first-order chi connectivity index (χ1) is 9.98. The lowest BCUT2D eigenvalue weighted by Gasteiger charge is -2.32. The monoisotopic (exact) mass is 295 g/mol. The summed E-state index contributed by atoms with van der Waals surface area (Å²) < 4.78 is 0. The topological polar surface area (TPSA) is 87.7 Å². The van der Waals surface area contributed by atoms with Crippen molar-refractivity contribution < 1.29 is 10.0 Å². The average molecular weight is 295 g/mol. The quantitative estimate of drug-likeness (QED) is 0.315. The lowest BCUT2D eigenvalue weighted by Crippen LogP contribution is -2.48. The predicted molar refractivity (Wildman–Crippen MR) is 83.0 cm³/mol. The van der Waals surface area contributed by atoms with E-state index in [4.69, 9.17) is 10.9 Å². The van der Waals surface area contributed by atoms with Crippen molar-refractivity contribution in [3.63, 3.8) is 0 Å². The van der Waals surface area contributed by atoms with Crippen molar-refractivity contribution in [3.8, 4) is 0 Å². The number of oxime groups is 1. The lowest BCUT2D eigenvalue weighted by molar-refractivity contribution is -0.132. The zero-order chi connectivity index (χ0) is 15.5. The normalized spacial score (nSPS) is 29.0. The number of hydrogen-bond acceptors (Lipinski definition) is 3. The van der Waals surface area contributed by atoms with Gasteiger partial charge in [-0.2, -0.15) is 0 Å². The molecule has 0 aromatic rings. The first-order valence-corrected chi connectivity index (χ1v) is 8.27. The van der Waals surface area contributed by atoms with E-state index in [9.17, 15) is 4.79 Å². The van der Waals surface area contributed by atoms with Crippen LogP contribution in [0.3, 0.4) is 0 Å². The van der Waals surface area contributed by atoms with Crippen molar-refractivity contribution in [1.29, 1.82) is 0 Å². The van der Waals surface area contributed by atoms with Gasteiger partial charge >= 0.3 is 0 Å². The van der Waals surface area contributed by atoms with E-state index in [1.165, 1.54) is 0 Å². The smallest absolute Gasteiger partial charge is 0.226 e. The minimum atomic E-state index is -0.188. The Morgan fingerprint density at radius 3 is 2.57 bits per heavy atom. The Balaban J connectivity index is 2.05. The molecule has 2 aliphatic carbocycles. The van der Waals surface area contributed by atoms with Crippen LogP contribution >= 0.6 is 0 Å². The first-order valence-electron chi connectivity index (χ1n) is 8.27. The number of amidine groups is 1. The minimum absolute atomic E-state index is 0.0172. The number of nitrogens with one attached hydrogen (secondary N) is 1. The highest BCUT2D eigenvalue weighted by molar-refractivity contribution is 5.86. The van der Waals surface area contributed by atoms with Crippen molar-refractivity contribution in [2.24, 2.45) is 28.1 Å². The summed E-state index contributed by atoms with van der Waals surface area (Å²) in [5.41, 5.74) is 5.57. The Morgan fingerprint density at radius 1 is 1.33 bits per heavy atom. The van der Waals surface area contributed by atoms with Crippen molar-refractivity contribution in [2.75, 3.05) is 0 Å². The second-order valence-corrected chi connectivity index (χ2v) is 7.23. The molecule has 120 valence electrons. The molecule has 0 spiro atoms. The Kier molecular flexibility index (Phi) is 5.12. The first kappa shape index (κ1) is 16.1. The van der Waals surface area contributed by atoms with Gasteiger partial charge in [-0.15, -0.1) is 0 Å². The fourth-order valence-corrected chi connectivity index (χ4v) is 4.24. The predicted octanol–water partition coefficient (Wildman–Crippen LogP) is 2.62. The molecule has 0 aliphatic heterocycles. The molecular weight excluding hydrogens is 266 g/mol. The number of hydrogen-bond donors (Lipinski definition) is 3. The van der Waals surface area contributed by atoms with Crippen LogP contribution in [0.2, 0.25) is 0 Å². The van der Waals surface area contributed by atoms with Gasteiger partial charge in [0.1, 0.15) is 5.84 Å². The molecule has 2 atom stereocenters. The van der Waals surface area contributed by atoms with Crippen LogP contribution in [0, 0.1) is 17.3 Å². The van der Waals surface area contributed by atoms with E-state index in [1.54, 1.807) is 0 Å². The minimum Gasteiger partial charge on any atom is -0.409 e. The van der Waals surface area contributed by atoms with Gasteiger partial charge in [0.15, 0.2) is 0 Å². The summed E-state index contributed by atoms with van der Waals surface area (Å²) in [7, 11) is 0. The molecule has 4 N–H and O–H groups in total. The molecule has 1 amide bonds. The van der Waals surface area contributed by atoms with Crippen LogP contribution < -0.4 is 11.1 Å². The Bertz CT molecular complexity index is 400. The van der Waals surface area contributed by atoms with Crippen LogP contribution in [0.1, 0.15) is 65.2 Å². The molecule has 0 aromatic carbocycles. The highest BCUT2D eigenvalue weighted by atomic mass is 16.4. The summed E-state index contributed by atoms with van der Waals surface area (Å²) >= 11 is 0. The number of nitrogens with two attached hydrogens (primary N) is 1. The lowest BCUT2D eigenvalue weighted by atomic mass is 9.77. The largest absolute Gasteiger partial charge is 0.409 e. The molecule has 0 bridgehead atoms.